The molecule has 0 aliphatic carbocycles. The molecular weight excluding hydrogens is 218 g/mol. The van der Waals surface area contributed by atoms with Gasteiger partial charge in [0, 0.05) is 19.0 Å². The monoisotopic (exact) mass is 235 g/mol. The minimum atomic E-state index is 0.0884. The highest BCUT2D eigenvalue weighted by atomic mass is 16.5. The fourth-order valence-corrected chi connectivity index (χ4v) is 1.96. The molecule has 1 saturated heterocycles. The molecule has 1 N–H and O–H groups in total. The van der Waals surface area contributed by atoms with Crippen LogP contribution in [0.25, 0.3) is 0 Å². The molecule has 1 heterocycles. The van der Waals surface area contributed by atoms with Gasteiger partial charge in [-0.15, -0.1) is 0 Å². The highest BCUT2D eigenvalue weighted by Crippen LogP contribution is 2.19. The number of Topliss-reactive ketones (excluding diaryl/α,β-unsaturated/α-hetero) is 1. The number of nitrogens with one attached hydrogen (secondary N) is 1. The zero-order chi connectivity index (χ0) is 12.1. The number of hydrogen-bond donors (Lipinski definition) is 1. The van der Waals surface area contributed by atoms with Crippen molar-refractivity contribution in [3.63, 3.8) is 0 Å². The fourth-order valence-electron chi connectivity index (χ4n) is 1.96. The SMILES string of the molecule is COc1ccccc1C(=O)CC1COCCN1. The molecule has 1 aliphatic heterocycles. The first-order valence-electron chi connectivity index (χ1n) is 5.78. The average molecular weight is 235 g/mol. The van der Waals surface area contributed by atoms with Gasteiger partial charge in [-0.25, -0.2) is 0 Å². The molecule has 0 radical (unpaired) electrons. The Morgan fingerprint density at radius 2 is 2.35 bits per heavy atom. The van der Waals surface area contributed by atoms with E-state index in [-0.39, 0.29) is 11.8 Å². The summed E-state index contributed by atoms with van der Waals surface area (Å²) in [5, 5.41) is 3.27. The minimum Gasteiger partial charge on any atom is -0.496 e. The first-order chi connectivity index (χ1) is 8.31. The number of methoxy groups -OCH3 is 1. The van der Waals surface area contributed by atoms with Crippen LogP contribution < -0.4 is 10.1 Å². The Labute approximate surface area is 101 Å². The van der Waals surface area contributed by atoms with Crippen molar-refractivity contribution < 1.29 is 14.3 Å². The zero-order valence-electron chi connectivity index (χ0n) is 9.94. The normalized spacial score (nSPS) is 19.9. The van der Waals surface area contributed by atoms with Crippen LogP contribution in [0.4, 0.5) is 0 Å². The summed E-state index contributed by atoms with van der Waals surface area (Å²) in [6.07, 6.45) is 0.445. The van der Waals surface area contributed by atoms with Crippen LogP contribution in [0.15, 0.2) is 24.3 Å². The number of carbonyl (C=O) groups is 1. The predicted molar refractivity (Wildman–Crippen MR) is 64.6 cm³/mol. The summed E-state index contributed by atoms with van der Waals surface area (Å²) in [7, 11) is 1.58. The van der Waals surface area contributed by atoms with Gasteiger partial charge < -0.3 is 14.8 Å². The van der Waals surface area contributed by atoms with Crippen LogP contribution >= 0.6 is 0 Å². The van der Waals surface area contributed by atoms with Gasteiger partial charge in [0.25, 0.3) is 0 Å². The molecule has 0 aromatic heterocycles. The lowest BCUT2D eigenvalue weighted by molar-refractivity contribution is 0.0675. The number of ketones is 1. The lowest BCUT2D eigenvalue weighted by atomic mass is 10.0. The van der Waals surface area contributed by atoms with E-state index in [0.29, 0.717) is 24.3 Å². The van der Waals surface area contributed by atoms with Crippen molar-refractivity contribution in [1.82, 2.24) is 5.32 Å². The Hall–Kier alpha value is -1.39. The van der Waals surface area contributed by atoms with Gasteiger partial charge in [0.15, 0.2) is 5.78 Å². The summed E-state index contributed by atoms with van der Waals surface area (Å²) in [5.41, 5.74) is 0.641. The number of para-hydroxylation sites is 1. The van der Waals surface area contributed by atoms with Crippen molar-refractivity contribution in [3.05, 3.63) is 29.8 Å². The van der Waals surface area contributed by atoms with Crippen LogP contribution in [0.1, 0.15) is 16.8 Å². The Morgan fingerprint density at radius 3 is 3.06 bits per heavy atom. The zero-order valence-corrected chi connectivity index (χ0v) is 9.94. The quantitative estimate of drug-likeness (QED) is 0.798. The number of carbonyl (C=O) groups excluding carboxylic acids is 1. The molecule has 2 rings (SSSR count). The predicted octanol–water partition coefficient (Wildman–Crippen LogP) is 1.26. The molecular formula is C13H17NO3. The molecule has 92 valence electrons. The number of rotatable bonds is 4. The number of ether oxygens (including phenoxy) is 2. The van der Waals surface area contributed by atoms with E-state index in [4.69, 9.17) is 9.47 Å². The van der Waals surface area contributed by atoms with Gasteiger partial charge in [-0.2, -0.15) is 0 Å². The van der Waals surface area contributed by atoms with Crippen molar-refractivity contribution >= 4 is 5.78 Å². The van der Waals surface area contributed by atoms with Gasteiger partial charge >= 0.3 is 0 Å². The summed E-state index contributed by atoms with van der Waals surface area (Å²) in [6.45, 7) is 2.13. The van der Waals surface area contributed by atoms with E-state index >= 15 is 0 Å². The molecule has 1 fully saturated rings. The maximum Gasteiger partial charge on any atom is 0.168 e. The van der Waals surface area contributed by atoms with Crippen molar-refractivity contribution in [2.45, 2.75) is 12.5 Å². The Balaban J connectivity index is 2.03. The topological polar surface area (TPSA) is 47.6 Å². The molecule has 1 aromatic carbocycles. The van der Waals surface area contributed by atoms with E-state index in [2.05, 4.69) is 5.32 Å². The second-order valence-electron chi connectivity index (χ2n) is 4.05. The fraction of sp³-hybridized carbons (Fsp3) is 0.462. The van der Waals surface area contributed by atoms with Gasteiger partial charge in [0.2, 0.25) is 0 Å². The van der Waals surface area contributed by atoms with Crippen molar-refractivity contribution in [3.8, 4) is 5.75 Å². The Bertz CT molecular complexity index is 386. The van der Waals surface area contributed by atoms with Crippen LogP contribution in [-0.4, -0.2) is 38.7 Å². The number of benzene rings is 1. The molecule has 0 saturated carbocycles. The van der Waals surface area contributed by atoms with Crippen LogP contribution in [-0.2, 0) is 4.74 Å². The minimum absolute atomic E-state index is 0.0884. The molecule has 1 unspecified atom stereocenters. The summed E-state index contributed by atoms with van der Waals surface area (Å²) in [6, 6.07) is 7.42. The molecule has 0 amide bonds. The second-order valence-corrected chi connectivity index (χ2v) is 4.05. The highest BCUT2D eigenvalue weighted by molar-refractivity contribution is 5.99. The van der Waals surface area contributed by atoms with Gasteiger partial charge in [-0.3, -0.25) is 4.79 Å². The Kier molecular flexibility index (Phi) is 4.12. The average Bonchev–Trinajstić information content (AvgIpc) is 2.40. The van der Waals surface area contributed by atoms with E-state index in [1.165, 1.54) is 0 Å². The van der Waals surface area contributed by atoms with Crippen molar-refractivity contribution in [1.29, 1.82) is 0 Å². The lowest BCUT2D eigenvalue weighted by Crippen LogP contribution is -2.42. The number of morpholine rings is 1. The molecule has 4 nitrogen and oxygen atoms in total. The van der Waals surface area contributed by atoms with Crippen molar-refractivity contribution in [2.24, 2.45) is 0 Å². The summed E-state index contributed by atoms with van der Waals surface area (Å²) < 4.78 is 10.5. The van der Waals surface area contributed by atoms with E-state index < -0.39 is 0 Å². The molecule has 0 spiro atoms. The smallest absolute Gasteiger partial charge is 0.168 e. The molecule has 1 aliphatic rings. The van der Waals surface area contributed by atoms with Gasteiger partial charge in [-0.05, 0) is 12.1 Å². The first-order valence-corrected chi connectivity index (χ1v) is 5.78. The summed E-state index contributed by atoms with van der Waals surface area (Å²) >= 11 is 0. The third kappa shape index (κ3) is 3.05. The molecule has 4 heteroatoms. The van der Waals surface area contributed by atoms with Crippen LogP contribution in [0.3, 0.4) is 0 Å². The highest BCUT2D eigenvalue weighted by Gasteiger charge is 2.19. The lowest BCUT2D eigenvalue weighted by Gasteiger charge is -2.23. The molecule has 1 aromatic rings. The van der Waals surface area contributed by atoms with Crippen LogP contribution in [0.2, 0.25) is 0 Å². The summed E-state index contributed by atoms with van der Waals surface area (Å²) in [5.74, 6) is 0.722. The van der Waals surface area contributed by atoms with Crippen LogP contribution in [0.5, 0.6) is 5.75 Å². The third-order valence-electron chi connectivity index (χ3n) is 2.84. The van der Waals surface area contributed by atoms with E-state index in [1.54, 1.807) is 19.2 Å². The number of hydrogen-bond acceptors (Lipinski definition) is 4. The van der Waals surface area contributed by atoms with Gasteiger partial charge in [0.1, 0.15) is 5.75 Å². The maximum atomic E-state index is 12.1. The summed E-state index contributed by atoms with van der Waals surface area (Å²) in [4.78, 5) is 12.1. The standard InChI is InChI=1S/C13H17NO3/c1-16-13-5-3-2-4-11(13)12(15)8-10-9-17-7-6-14-10/h2-5,10,14H,6-9H2,1H3. The molecule has 17 heavy (non-hydrogen) atoms. The molecule has 0 bridgehead atoms. The maximum absolute atomic E-state index is 12.1. The van der Waals surface area contributed by atoms with E-state index in [1.807, 2.05) is 12.1 Å². The van der Waals surface area contributed by atoms with E-state index in [9.17, 15) is 4.79 Å². The van der Waals surface area contributed by atoms with Crippen molar-refractivity contribution in [2.75, 3.05) is 26.9 Å². The van der Waals surface area contributed by atoms with Crippen LogP contribution in [0, 0.1) is 0 Å². The third-order valence-corrected chi connectivity index (χ3v) is 2.84. The Morgan fingerprint density at radius 1 is 1.53 bits per heavy atom. The molecule has 1 atom stereocenters. The second kappa shape index (κ2) is 5.80. The van der Waals surface area contributed by atoms with Gasteiger partial charge in [-0.1, -0.05) is 12.1 Å². The van der Waals surface area contributed by atoms with E-state index in [0.717, 1.165) is 13.2 Å². The van der Waals surface area contributed by atoms with Gasteiger partial charge in [0.05, 0.1) is 25.9 Å². The first kappa shape index (κ1) is 12.1. The largest absolute Gasteiger partial charge is 0.496 e.